The first-order valence-electron chi connectivity index (χ1n) is 10.9. The van der Waals surface area contributed by atoms with Gasteiger partial charge in [-0.25, -0.2) is 0 Å². The van der Waals surface area contributed by atoms with Crippen LogP contribution in [0.15, 0.2) is 91.0 Å². The Balaban J connectivity index is 1.58. The Bertz CT molecular complexity index is 922. The average Bonchev–Trinajstić information content (AvgIpc) is 3.31. The zero-order chi connectivity index (χ0) is 21.3. The summed E-state index contributed by atoms with van der Waals surface area (Å²) in [5, 5.41) is 10.7. The smallest absolute Gasteiger partial charge is 0.306 e. The highest BCUT2D eigenvalue weighted by Crippen LogP contribution is 2.45. The second kappa shape index (κ2) is 8.29. The zero-order valence-electron chi connectivity index (χ0n) is 17.3. The van der Waals surface area contributed by atoms with Crippen LogP contribution in [0, 0.1) is 11.8 Å². The fourth-order valence-corrected chi connectivity index (χ4v) is 5.20. The maximum Gasteiger partial charge on any atom is 0.306 e. The fourth-order valence-electron chi connectivity index (χ4n) is 5.20. The number of rotatable bonds is 6. The Hall–Kier alpha value is -2.95. The molecule has 4 heteroatoms. The van der Waals surface area contributed by atoms with Crippen molar-refractivity contribution in [2.45, 2.75) is 30.7 Å². The van der Waals surface area contributed by atoms with Crippen molar-refractivity contribution in [2.24, 2.45) is 11.8 Å². The van der Waals surface area contributed by atoms with E-state index in [2.05, 4.69) is 36.4 Å². The van der Waals surface area contributed by atoms with Gasteiger partial charge in [-0.05, 0) is 16.7 Å². The molecule has 1 aliphatic carbocycles. The number of ether oxygens (including phenoxy) is 2. The number of hydrogen-bond donors (Lipinski definition) is 1. The van der Waals surface area contributed by atoms with Crippen molar-refractivity contribution in [3.63, 3.8) is 0 Å². The topological polar surface area (TPSA) is 55.8 Å². The molecular formula is C27H26O4. The van der Waals surface area contributed by atoms with Crippen molar-refractivity contribution in [3.05, 3.63) is 108 Å². The summed E-state index contributed by atoms with van der Waals surface area (Å²) in [6.45, 7) is 0.331. The SMILES string of the molecule is O=C1C[C@H]2[C@H](COC(c3ccccc3)(c3ccccc3)c3ccccc3)[C@@H](O)C[C@H]2O1. The van der Waals surface area contributed by atoms with E-state index in [-0.39, 0.29) is 23.9 Å². The highest BCUT2D eigenvalue weighted by Gasteiger charge is 2.50. The van der Waals surface area contributed by atoms with Crippen LogP contribution in [0.3, 0.4) is 0 Å². The van der Waals surface area contributed by atoms with Gasteiger partial charge < -0.3 is 14.6 Å². The van der Waals surface area contributed by atoms with Crippen LogP contribution in [-0.4, -0.2) is 29.9 Å². The summed E-state index contributed by atoms with van der Waals surface area (Å²) in [5.74, 6) is -0.318. The van der Waals surface area contributed by atoms with E-state index < -0.39 is 11.7 Å². The molecule has 3 aromatic rings. The number of aliphatic hydroxyl groups is 1. The Morgan fingerprint density at radius 1 is 0.839 bits per heavy atom. The first-order chi connectivity index (χ1) is 15.2. The molecule has 1 N–H and O–H groups in total. The van der Waals surface area contributed by atoms with Crippen LogP contribution >= 0.6 is 0 Å². The third-order valence-corrected chi connectivity index (χ3v) is 6.71. The summed E-state index contributed by atoms with van der Waals surface area (Å²) in [6, 6.07) is 30.6. The first-order valence-corrected chi connectivity index (χ1v) is 10.9. The Labute approximate surface area is 182 Å². The van der Waals surface area contributed by atoms with Gasteiger partial charge in [0.05, 0.1) is 19.1 Å². The van der Waals surface area contributed by atoms with Crippen LogP contribution < -0.4 is 0 Å². The summed E-state index contributed by atoms with van der Waals surface area (Å²) >= 11 is 0. The minimum atomic E-state index is -0.828. The van der Waals surface area contributed by atoms with Crippen molar-refractivity contribution in [2.75, 3.05) is 6.61 Å². The third kappa shape index (κ3) is 3.56. The molecule has 4 nitrogen and oxygen atoms in total. The van der Waals surface area contributed by atoms with Crippen LogP contribution in [0.5, 0.6) is 0 Å². The number of hydrogen-bond acceptors (Lipinski definition) is 4. The molecule has 2 fully saturated rings. The number of benzene rings is 3. The number of esters is 1. The van der Waals surface area contributed by atoms with Gasteiger partial charge in [0, 0.05) is 18.3 Å². The van der Waals surface area contributed by atoms with E-state index in [9.17, 15) is 9.90 Å². The monoisotopic (exact) mass is 414 g/mol. The predicted octanol–water partition coefficient (Wildman–Crippen LogP) is 4.31. The van der Waals surface area contributed by atoms with Gasteiger partial charge in [-0.3, -0.25) is 4.79 Å². The Morgan fingerprint density at radius 2 is 1.32 bits per heavy atom. The molecule has 3 aromatic carbocycles. The van der Waals surface area contributed by atoms with Gasteiger partial charge in [0.25, 0.3) is 0 Å². The summed E-state index contributed by atoms with van der Waals surface area (Å²) in [5.41, 5.74) is 2.24. The molecule has 4 atom stereocenters. The maximum atomic E-state index is 11.8. The minimum absolute atomic E-state index is 0.00233. The number of carbonyl (C=O) groups excluding carboxylic acids is 1. The molecule has 0 bridgehead atoms. The highest BCUT2D eigenvalue weighted by molar-refractivity contribution is 5.72. The number of aliphatic hydroxyl groups excluding tert-OH is 1. The van der Waals surface area contributed by atoms with E-state index in [4.69, 9.17) is 9.47 Å². The molecule has 2 aliphatic rings. The van der Waals surface area contributed by atoms with Crippen molar-refractivity contribution in [1.29, 1.82) is 0 Å². The molecule has 0 unspecified atom stereocenters. The van der Waals surface area contributed by atoms with E-state index in [0.717, 1.165) is 16.7 Å². The molecule has 1 heterocycles. The van der Waals surface area contributed by atoms with Crippen LogP contribution in [0.4, 0.5) is 0 Å². The lowest BCUT2D eigenvalue weighted by molar-refractivity contribution is -0.141. The van der Waals surface area contributed by atoms with E-state index in [1.165, 1.54) is 0 Å². The van der Waals surface area contributed by atoms with Crippen LogP contribution in [0.2, 0.25) is 0 Å². The standard InChI is InChI=1S/C27H26O4/c28-24-17-25-22(16-26(29)31-25)23(24)18-30-27(19-10-4-1-5-11-19,20-12-6-2-7-13-20)21-14-8-3-9-15-21/h1-15,22-25,28H,16-18H2/t22-,23-,24-,25+/m0/s1. The van der Waals surface area contributed by atoms with Crippen molar-refractivity contribution < 1.29 is 19.4 Å². The van der Waals surface area contributed by atoms with Crippen LogP contribution in [0.1, 0.15) is 29.5 Å². The summed E-state index contributed by atoms with van der Waals surface area (Å²) in [7, 11) is 0. The van der Waals surface area contributed by atoms with Gasteiger partial charge in [0.2, 0.25) is 0 Å². The van der Waals surface area contributed by atoms with Crippen molar-refractivity contribution >= 4 is 5.97 Å². The van der Waals surface area contributed by atoms with Gasteiger partial charge in [-0.1, -0.05) is 91.0 Å². The molecule has 0 radical (unpaired) electrons. The normalized spacial score (nSPS) is 25.3. The average molecular weight is 415 g/mol. The molecular weight excluding hydrogens is 388 g/mol. The van der Waals surface area contributed by atoms with Crippen molar-refractivity contribution in [1.82, 2.24) is 0 Å². The minimum Gasteiger partial charge on any atom is -0.462 e. The summed E-state index contributed by atoms with van der Waals surface area (Å²) in [6.07, 6.45) is 0.100. The van der Waals surface area contributed by atoms with Gasteiger partial charge in [-0.2, -0.15) is 0 Å². The van der Waals surface area contributed by atoms with Crippen LogP contribution in [-0.2, 0) is 19.9 Å². The molecule has 0 aromatic heterocycles. The summed E-state index contributed by atoms with van der Waals surface area (Å²) in [4.78, 5) is 11.8. The molecule has 1 saturated carbocycles. The maximum absolute atomic E-state index is 11.8. The molecule has 0 amide bonds. The lowest BCUT2D eigenvalue weighted by Crippen LogP contribution is -2.37. The molecule has 158 valence electrons. The molecule has 31 heavy (non-hydrogen) atoms. The molecule has 0 spiro atoms. The quantitative estimate of drug-likeness (QED) is 0.482. The van der Waals surface area contributed by atoms with Gasteiger partial charge >= 0.3 is 5.97 Å². The fraction of sp³-hybridized carbons (Fsp3) is 0.296. The van der Waals surface area contributed by atoms with Gasteiger partial charge in [0.15, 0.2) is 0 Å². The molecule has 1 saturated heterocycles. The predicted molar refractivity (Wildman–Crippen MR) is 117 cm³/mol. The lowest BCUT2D eigenvalue weighted by atomic mass is 9.79. The Morgan fingerprint density at radius 3 is 1.81 bits per heavy atom. The van der Waals surface area contributed by atoms with Crippen LogP contribution in [0.25, 0.3) is 0 Å². The molecule has 5 rings (SSSR count). The highest BCUT2D eigenvalue weighted by atomic mass is 16.6. The second-order valence-electron chi connectivity index (χ2n) is 8.45. The molecule has 1 aliphatic heterocycles. The van der Waals surface area contributed by atoms with E-state index in [1.807, 2.05) is 54.6 Å². The number of carbonyl (C=O) groups is 1. The van der Waals surface area contributed by atoms with Crippen molar-refractivity contribution in [3.8, 4) is 0 Å². The second-order valence-corrected chi connectivity index (χ2v) is 8.45. The third-order valence-electron chi connectivity index (χ3n) is 6.71. The first kappa shape index (κ1) is 20.0. The summed E-state index contributed by atoms with van der Waals surface area (Å²) < 4.78 is 12.3. The zero-order valence-corrected chi connectivity index (χ0v) is 17.3. The van der Waals surface area contributed by atoms with E-state index >= 15 is 0 Å². The van der Waals surface area contributed by atoms with E-state index in [0.29, 0.717) is 19.4 Å². The van der Waals surface area contributed by atoms with E-state index in [1.54, 1.807) is 0 Å². The van der Waals surface area contributed by atoms with Gasteiger partial charge in [-0.15, -0.1) is 0 Å². The largest absolute Gasteiger partial charge is 0.462 e. The number of fused-ring (bicyclic) bond motifs is 1. The Kier molecular flexibility index (Phi) is 5.34. The lowest BCUT2D eigenvalue weighted by Gasteiger charge is -2.37. The van der Waals surface area contributed by atoms with Gasteiger partial charge in [0.1, 0.15) is 11.7 Å².